The topological polar surface area (TPSA) is 78.2 Å². The minimum Gasteiger partial charge on any atom is -0.348 e. The maximum Gasteiger partial charge on any atom is 0.285 e. The summed E-state index contributed by atoms with van der Waals surface area (Å²) >= 11 is 1.58. The van der Waals surface area contributed by atoms with Crippen molar-refractivity contribution in [2.24, 2.45) is 9.50 Å². The van der Waals surface area contributed by atoms with E-state index in [2.05, 4.69) is 19.4 Å². The van der Waals surface area contributed by atoms with Crippen molar-refractivity contribution in [2.45, 2.75) is 17.7 Å². The molecule has 0 spiro atoms. The molecule has 1 fully saturated rings. The number of hydrogen-bond donors (Lipinski definition) is 0. The fourth-order valence-electron chi connectivity index (χ4n) is 2.91. The van der Waals surface area contributed by atoms with Crippen molar-refractivity contribution in [3.63, 3.8) is 0 Å². The van der Waals surface area contributed by atoms with Gasteiger partial charge < -0.3 is 4.90 Å². The molecule has 2 aromatic rings. The summed E-state index contributed by atoms with van der Waals surface area (Å²) in [7, 11) is -1.94. The zero-order chi connectivity index (χ0) is 17.4. The Morgan fingerprint density at radius 3 is 2.84 bits per heavy atom. The predicted molar refractivity (Wildman–Crippen MR) is 99.1 cm³/mol. The number of fused-ring (bicyclic) bond motifs is 1. The Hall–Kier alpha value is -2.26. The number of anilines is 1. The number of amidine groups is 1. The summed E-state index contributed by atoms with van der Waals surface area (Å²) in [5.41, 5.74) is 0.573. The third-order valence-corrected chi connectivity index (χ3v) is 6.48. The molecule has 9 heteroatoms. The van der Waals surface area contributed by atoms with Gasteiger partial charge in [0.15, 0.2) is 11.0 Å². The molecule has 4 rings (SSSR count). The second-order valence-corrected chi connectivity index (χ2v) is 8.51. The van der Waals surface area contributed by atoms with Crippen LogP contribution in [0.5, 0.6) is 0 Å². The number of hydrogen-bond acceptors (Lipinski definition) is 7. The van der Waals surface area contributed by atoms with Crippen molar-refractivity contribution < 1.29 is 8.42 Å². The van der Waals surface area contributed by atoms with Crippen LogP contribution in [-0.4, -0.2) is 50.6 Å². The molecule has 0 atom stereocenters. The summed E-state index contributed by atoms with van der Waals surface area (Å²) in [6.07, 6.45) is 5.89. The molecule has 2 aliphatic heterocycles. The highest BCUT2D eigenvalue weighted by atomic mass is 32.2. The van der Waals surface area contributed by atoms with Crippen molar-refractivity contribution in [3.05, 3.63) is 40.9 Å². The van der Waals surface area contributed by atoms with E-state index in [1.807, 2.05) is 0 Å². The van der Waals surface area contributed by atoms with Gasteiger partial charge in [0.1, 0.15) is 4.90 Å². The summed E-state index contributed by atoms with van der Waals surface area (Å²) in [6, 6.07) is 6.78. The van der Waals surface area contributed by atoms with Crippen LogP contribution in [0.1, 0.15) is 23.3 Å². The van der Waals surface area contributed by atoms with Gasteiger partial charge >= 0.3 is 0 Å². The molecule has 0 bridgehead atoms. The van der Waals surface area contributed by atoms with Gasteiger partial charge in [0.05, 0.1) is 11.1 Å². The van der Waals surface area contributed by atoms with Crippen molar-refractivity contribution in [1.29, 1.82) is 0 Å². The van der Waals surface area contributed by atoms with Gasteiger partial charge in [-0.2, -0.15) is 13.5 Å². The fourth-order valence-corrected chi connectivity index (χ4v) is 4.97. The van der Waals surface area contributed by atoms with E-state index in [1.165, 1.54) is 17.9 Å². The van der Waals surface area contributed by atoms with Gasteiger partial charge in [0, 0.05) is 31.9 Å². The molecule has 1 aromatic heterocycles. The van der Waals surface area contributed by atoms with E-state index in [4.69, 9.17) is 0 Å². The van der Waals surface area contributed by atoms with E-state index in [0.29, 0.717) is 11.4 Å². The van der Waals surface area contributed by atoms with Crippen LogP contribution >= 0.6 is 11.3 Å². The summed E-state index contributed by atoms with van der Waals surface area (Å²) in [5.74, 6) is 0.330. The number of sulfonamides is 1. The Bertz CT molecular complexity index is 958. The molecule has 2 aliphatic rings. The maximum atomic E-state index is 12.1. The quantitative estimate of drug-likeness (QED) is 0.607. The molecule has 130 valence electrons. The molecular weight excluding hydrogens is 358 g/mol. The normalized spacial score (nSPS) is 18.6. The minimum atomic E-state index is -3.63. The van der Waals surface area contributed by atoms with Crippen LogP contribution in [0, 0.1) is 0 Å². The average molecular weight is 375 g/mol. The zero-order valence-corrected chi connectivity index (χ0v) is 15.3. The van der Waals surface area contributed by atoms with Crippen molar-refractivity contribution in [1.82, 2.24) is 9.99 Å². The zero-order valence-electron chi connectivity index (χ0n) is 13.7. The summed E-state index contributed by atoms with van der Waals surface area (Å²) in [5, 5.41) is 6.84. The molecule has 0 aliphatic carbocycles. The molecule has 1 saturated heterocycles. The summed E-state index contributed by atoms with van der Waals surface area (Å²) in [6.45, 7) is 2.10. The Morgan fingerprint density at radius 1 is 1.28 bits per heavy atom. The second kappa shape index (κ2) is 6.23. The van der Waals surface area contributed by atoms with Gasteiger partial charge in [-0.15, -0.1) is 4.40 Å². The van der Waals surface area contributed by atoms with E-state index in [1.54, 1.807) is 55.1 Å². The van der Waals surface area contributed by atoms with Crippen molar-refractivity contribution in [3.8, 4) is 0 Å². The number of benzene rings is 1. The fraction of sp³-hybridized carbons (Fsp3) is 0.312. The molecule has 25 heavy (non-hydrogen) atoms. The van der Waals surface area contributed by atoms with E-state index < -0.39 is 10.0 Å². The second-order valence-electron chi connectivity index (χ2n) is 5.89. The Morgan fingerprint density at radius 2 is 2.04 bits per heavy atom. The van der Waals surface area contributed by atoms with E-state index in [0.717, 1.165) is 23.1 Å². The third-order valence-electron chi connectivity index (χ3n) is 4.17. The smallest absolute Gasteiger partial charge is 0.285 e. The number of nitrogens with zero attached hydrogens (tertiary/aromatic N) is 5. The lowest BCUT2D eigenvalue weighted by Crippen LogP contribution is -2.21. The number of thiazole rings is 1. The SMILES string of the molecule is CN(/N=C/c1cnc(N2CCCC2)s1)C1=NS(=O)(=O)c2ccccc21. The van der Waals surface area contributed by atoms with Gasteiger partial charge in [-0.25, -0.2) is 9.99 Å². The first-order valence-electron chi connectivity index (χ1n) is 7.97. The van der Waals surface area contributed by atoms with Crippen LogP contribution < -0.4 is 4.90 Å². The number of rotatable bonds is 3. The first kappa shape index (κ1) is 16.2. The molecule has 0 N–H and O–H groups in total. The highest BCUT2D eigenvalue weighted by Gasteiger charge is 2.30. The molecule has 0 saturated carbocycles. The van der Waals surface area contributed by atoms with Crippen LogP contribution in [0.15, 0.2) is 44.9 Å². The monoisotopic (exact) mass is 375 g/mol. The summed E-state index contributed by atoms with van der Waals surface area (Å²) in [4.78, 5) is 7.86. The lowest BCUT2D eigenvalue weighted by molar-refractivity contribution is 0.549. The Kier molecular flexibility index (Phi) is 4.04. The first-order valence-corrected chi connectivity index (χ1v) is 10.2. The third kappa shape index (κ3) is 3.05. The summed E-state index contributed by atoms with van der Waals surface area (Å²) < 4.78 is 28.1. The number of aromatic nitrogens is 1. The average Bonchev–Trinajstić information content (AvgIpc) is 3.32. The van der Waals surface area contributed by atoms with Crippen molar-refractivity contribution >= 4 is 38.5 Å². The van der Waals surface area contributed by atoms with Crippen LogP contribution in [0.4, 0.5) is 5.13 Å². The molecule has 7 nitrogen and oxygen atoms in total. The van der Waals surface area contributed by atoms with Crippen LogP contribution in [0.3, 0.4) is 0 Å². The standard InChI is InChI=1S/C16H17N5O2S2/c1-20(15-13-6-2-3-7-14(13)25(22,23)19-15)18-11-12-10-17-16(24-12)21-8-4-5-9-21/h2-3,6-7,10-11H,4-5,8-9H2,1H3/b18-11+. The first-order chi connectivity index (χ1) is 12.0. The number of hydrazone groups is 1. The molecule has 3 heterocycles. The lowest BCUT2D eigenvalue weighted by atomic mass is 10.2. The van der Waals surface area contributed by atoms with Crippen LogP contribution in [0.25, 0.3) is 0 Å². The van der Waals surface area contributed by atoms with E-state index in [-0.39, 0.29) is 4.90 Å². The van der Waals surface area contributed by atoms with Gasteiger partial charge in [0.2, 0.25) is 0 Å². The molecule has 1 aromatic carbocycles. The van der Waals surface area contributed by atoms with Gasteiger partial charge in [0.25, 0.3) is 10.0 Å². The highest BCUT2D eigenvalue weighted by Crippen LogP contribution is 2.27. The predicted octanol–water partition coefficient (Wildman–Crippen LogP) is 2.16. The highest BCUT2D eigenvalue weighted by molar-refractivity contribution is 7.90. The van der Waals surface area contributed by atoms with Gasteiger partial charge in [-0.1, -0.05) is 23.5 Å². The van der Waals surface area contributed by atoms with E-state index in [9.17, 15) is 8.42 Å². The lowest BCUT2D eigenvalue weighted by Gasteiger charge is -2.12. The maximum absolute atomic E-state index is 12.1. The Balaban J connectivity index is 1.54. The minimum absolute atomic E-state index is 0.223. The van der Waals surface area contributed by atoms with Gasteiger partial charge in [-0.05, 0) is 25.0 Å². The van der Waals surface area contributed by atoms with Crippen molar-refractivity contribution in [2.75, 3.05) is 25.0 Å². The Labute approximate surface area is 150 Å². The van der Waals surface area contributed by atoms with Crippen LogP contribution in [-0.2, 0) is 10.0 Å². The molecule has 0 radical (unpaired) electrons. The molecule has 0 unspecified atom stereocenters. The largest absolute Gasteiger partial charge is 0.348 e. The van der Waals surface area contributed by atoms with Crippen LogP contribution in [0.2, 0.25) is 0 Å². The van der Waals surface area contributed by atoms with Gasteiger partial charge in [-0.3, -0.25) is 0 Å². The molecular formula is C16H17N5O2S2. The molecule has 0 amide bonds. The van der Waals surface area contributed by atoms with E-state index >= 15 is 0 Å².